The summed E-state index contributed by atoms with van der Waals surface area (Å²) in [4.78, 5) is 0. The minimum Gasteiger partial charge on any atom is -0.457 e. The number of nitriles is 1. The van der Waals surface area contributed by atoms with E-state index in [0.717, 1.165) is 24.3 Å². The molecule has 2 aliphatic rings. The molecule has 4 rings (SSSR count). The van der Waals surface area contributed by atoms with Crippen LogP contribution >= 0.6 is 0 Å². The smallest absolute Gasteiger partial charge is 0.346 e. The number of alkyl halides is 4. The zero-order chi connectivity index (χ0) is 19.8. The first-order valence-electron chi connectivity index (χ1n) is 7.75. The maximum atomic E-state index is 14.2. The SMILES string of the molecule is N#Cc1cc(F)cc(Oc2ccc3c4c2C(O)C[C@]4(O)C(F)(F)C3(F)F)c1. The number of hydrogen-bond acceptors (Lipinski definition) is 4. The van der Waals surface area contributed by atoms with Crippen LogP contribution in [-0.2, 0) is 11.5 Å². The summed E-state index contributed by atoms with van der Waals surface area (Å²) >= 11 is 0. The van der Waals surface area contributed by atoms with E-state index in [1.165, 1.54) is 0 Å². The van der Waals surface area contributed by atoms with E-state index in [0.29, 0.717) is 6.07 Å². The van der Waals surface area contributed by atoms with Crippen LogP contribution in [0.25, 0.3) is 0 Å². The highest BCUT2D eigenvalue weighted by molar-refractivity contribution is 5.60. The van der Waals surface area contributed by atoms with Crippen molar-refractivity contribution in [3.05, 3.63) is 58.4 Å². The lowest BCUT2D eigenvalue weighted by Gasteiger charge is -2.30. The van der Waals surface area contributed by atoms with Gasteiger partial charge in [-0.15, -0.1) is 0 Å². The van der Waals surface area contributed by atoms with Gasteiger partial charge in [-0.2, -0.15) is 22.8 Å². The van der Waals surface area contributed by atoms with Crippen LogP contribution < -0.4 is 4.74 Å². The second-order valence-electron chi connectivity index (χ2n) is 6.52. The van der Waals surface area contributed by atoms with E-state index in [4.69, 9.17) is 10.00 Å². The first kappa shape index (κ1) is 17.7. The van der Waals surface area contributed by atoms with Gasteiger partial charge in [0.25, 0.3) is 0 Å². The molecule has 2 aliphatic carbocycles. The molecule has 0 radical (unpaired) electrons. The van der Waals surface area contributed by atoms with Crippen LogP contribution in [0.5, 0.6) is 11.5 Å². The Labute approximate surface area is 149 Å². The van der Waals surface area contributed by atoms with Crippen LogP contribution in [0.15, 0.2) is 30.3 Å². The molecule has 2 aromatic rings. The Hall–Kier alpha value is -2.70. The molecule has 0 spiro atoms. The lowest BCUT2D eigenvalue weighted by atomic mass is 9.94. The third-order valence-electron chi connectivity index (χ3n) is 4.92. The van der Waals surface area contributed by atoms with E-state index in [1.807, 2.05) is 0 Å². The van der Waals surface area contributed by atoms with Gasteiger partial charge >= 0.3 is 11.8 Å². The Morgan fingerprint density at radius 1 is 1.15 bits per heavy atom. The average molecular weight is 383 g/mol. The Balaban J connectivity index is 1.89. The highest BCUT2D eigenvalue weighted by Gasteiger charge is 2.78. The Kier molecular flexibility index (Phi) is 3.40. The van der Waals surface area contributed by atoms with Gasteiger partial charge in [-0.25, -0.2) is 4.39 Å². The predicted molar refractivity (Wildman–Crippen MR) is 79.9 cm³/mol. The van der Waals surface area contributed by atoms with Gasteiger partial charge < -0.3 is 14.9 Å². The summed E-state index contributed by atoms with van der Waals surface area (Å²) in [6.45, 7) is 0. The summed E-state index contributed by atoms with van der Waals surface area (Å²) in [5.74, 6) is -10.7. The highest BCUT2D eigenvalue weighted by atomic mass is 19.3. The van der Waals surface area contributed by atoms with Crippen LogP contribution in [0, 0.1) is 17.1 Å². The fourth-order valence-electron chi connectivity index (χ4n) is 3.74. The normalized spacial score (nSPS) is 26.5. The summed E-state index contributed by atoms with van der Waals surface area (Å²) < 4.78 is 75.7. The molecule has 9 heteroatoms. The molecular formula is C18H10F5NO3. The maximum Gasteiger partial charge on any atom is 0.346 e. The fourth-order valence-corrected chi connectivity index (χ4v) is 3.74. The molecule has 0 fully saturated rings. The molecule has 2 N–H and O–H groups in total. The van der Waals surface area contributed by atoms with Gasteiger partial charge in [0.15, 0.2) is 5.60 Å². The maximum absolute atomic E-state index is 14.2. The summed E-state index contributed by atoms with van der Waals surface area (Å²) in [6.07, 6.45) is -2.73. The van der Waals surface area contributed by atoms with Gasteiger partial charge in [0, 0.05) is 29.2 Å². The topological polar surface area (TPSA) is 73.5 Å². The van der Waals surface area contributed by atoms with E-state index in [1.54, 1.807) is 6.07 Å². The van der Waals surface area contributed by atoms with Crippen LogP contribution in [0.3, 0.4) is 0 Å². The number of benzene rings is 2. The van der Waals surface area contributed by atoms with Gasteiger partial charge in [0.1, 0.15) is 17.3 Å². The predicted octanol–water partition coefficient (Wildman–Crippen LogP) is 3.86. The first-order chi connectivity index (χ1) is 12.5. The Bertz CT molecular complexity index is 1020. The third-order valence-corrected chi connectivity index (χ3v) is 4.92. The second kappa shape index (κ2) is 5.18. The van der Waals surface area contributed by atoms with Crippen molar-refractivity contribution in [2.24, 2.45) is 0 Å². The Morgan fingerprint density at radius 2 is 1.85 bits per heavy atom. The monoisotopic (exact) mass is 383 g/mol. The molecule has 140 valence electrons. The van der Waals surface area contributed by atoms with Gasteiger partial charge in [-0.05, 0) is 24.3 Å². The zero-order valence-electron chi connectivity index (χ0n) is 13.3. The van der Waals surface area contributed by atoms with Gasteiger partial charge in [0.2, 0.25) is 0 Å². The number of ether oxygens (including phenoxy) is 1. The van der Waals surface area contributed by atoms with Crippen molar-refractivity contribution >= 4 is 0 Å². The second-order valence-corrected chi connectivity index (χ2v) is 6.52. The van der Waals surface area contributed by atoms with Crippen LogP contribution in [0.2, 0.25) is 0 Å². The summed E-state index contributed by atoms with van der Waals surface area (Å²) in [5.41, 5.74) is -5.61. The van der Waals surface area contributed by atoms with Crippen molar-refractivity contribution in [3.8, 4) is 17.6 Å². The lowest BCUT2D eigenvalue weighted by molar-refractivity contribution is -0.289. The van der Waals surface area contributed by atoms with E-state index in [2.05, 4.69) is 0 Å². The van der Waals surface area contributed by atoms with Gasteiger partial charge in [-0.3, -0.25) is 0 Å². The molecule has 0 aromatic heterocycles. The molecule has 1 unspecified atom stereocenters. The standard InChI is InChI=1S/C18H10F5NO3/c19-9-3-8(7-24)4-10(5-9)27-13-2-1-11-15-14(13)12(25)6-16(15,26)18(22,23)17(11,20)21/h1-5,12,25-26H,6H2/t12?,16-/m1/s1. The summed E-state index contributed by atoms with van der Waals surface area (Å²) in [7, 11) is 0. The highest BCUT2D eigenvalue weighted by Crippen LogP contribution is 2.68. The molecule has 0 saturated carbocycles. The molecule has 0 aliphatic heterocycles. The number of halogens is 5. The van der Waals surface area contributed by atoms with Crippen LogP contribution in [0.4, 0.5) is 22.0 Å². The Morgan fingerprint density at radius 3 is 2.52 bits per heavy atom. The molecule has 0 saturated heterocycles. The minimum atomic E-state index is -4.82. The van der Waals surface area contributed by atoms with Crippen molar-refractivity contribution < 1.29 is 36.9 Å². The van der Waals surface area contributed by atoms with Crippen molar-refractivity contribution in [2.45, 2.75) is 30.0 Å². The zero-order valence-corrected chi connectivity index (χ0v) is 13.3. The fraction of sp³-hybridized carbons (Fsp3) is 0.278. The number of nitrogens with zero attached hydrogens (tertiary/aromatic N) is 1. The molecule has 27 heavy (non-hydrogen) atoms. The quantitative estimate of drug-likeness (QED) is 0.773. The number of rotatable bonds is 2. The molecule has 0 bridgehead atoms. The third kappa shape index (κ3) is 2.08. The van der Waals surface area contributed by atoms with Crippen LogP contribution in [0.1, 0.15) is 34.8 Å². The minimum absolute atomic E-state index is 0.0855. The molecule has 2 aromatic carbocycles. The van der Waals surface area contributed by atoms with Crippen molar-refractivity contribution in [3.63, 3.8) is 0 Å². The summed E-state index contributed by atoms with van der Waals surface area (Å²) in [6, 6.07) is 6.31. The number of aliphatic hydroxyl groups excluding tert-OH is 1. The molecule has 0 heterocycles. The lowest BCUT2D eigenvalue weighted by Crippen LogP contribution is -2.48. The van der Waals surface area contributed by atoms with Crippen LogP contribution in [-0.4, -0.2) is 16.1 Å². The molecule has 0 amide bonds. The number of hydrogen-bond donors (Lipinski definition) is 2. The van der Waals surface area contributed by atoms with E-state index < -0.39 is 52.5 Å². The average Bonchev–Trinajstić information content (AvgIpc) is 2.92. The molecular weight excluding hydrogens is 373 g/mol. The van der Waals surface area contributed by atoms with E-state index in [-0.39, 0.29) is 17.1 Å². The first-order valence-corrected chi connectivity index (χ1v) is 7.75. The van der Waals surface area contributed by atoms with Crippen molar-refractivity contribution in [1.29, 1.82) is 5.26 Å². The van der Waals surface area contributed by atoms with Crippen molar-refractivity contribution in [1.82, 2.24) is 0 Å². The molecule has 4 nitrogen and oxygen atoms in total. The number of aliphatic hydroxyl groups is 2. The summed E-state index contributed by atoms with van der Waals surface area (Å²) in [5, 5.41) is 29.3. The van der Waals surface area contributed by atoms with Crippen molar-refractivity contribution in [2.75, 3.05) is 0 Å². The molecule has 2 atom stereocenters. The van der Waals surface area contributed by atoms with Gasteiger partial charge in [-0.1, -0.05) is 0 Å². The van der Waals surface area contributed by atoms with Gasteiger partial charge in [0.05, 0.1) is 17.7 Å². The van der Waals surface area contributed by atoms with E-state index >= 15 is 0 Å². The van der Waals surface area contributed by atoms with E-state index in [9.17, 15) is 32.2 Å². The largest absolute Gasteiger partial charge is 0.457 e.